The van der Waals surface area contributed by atoms with Gasteiger partial charge in [0, 0.05) is 12.5 Å². The summed E-state index contributed by atoms with van der Waals surface area (Å²) in [5.41, 5.74) is 0.990. The summed E-state index contributed by atoms with van der Waals surface area (Å²) in [6, 6.07) is 10.1. The molecule has 110 valence electrons. The summed E-state index contributed by atoms with van der Waals surface area (Å²) >= 11 is 0. The molecule has 1 aliphatic rings. The van der Waals surface area contributed by atoms with Gasteiger partial charge in [-0.3, -0.25) is 4.79 Å². The van der Waals surface area contributed by atoms with Gasteiger partial charge in [0.2, 0.25) is 0 Å². The number of nitrogens with zero attached hydrogens (tertiary/aromatic N) is 1. The monoisotopic (exact) mass is 277 g/mol. The van der Waals surface area contributed by atoms with Crippen LogP contribution in [0.1, 0.15) is 38.8 Å². The number of benzene rings is 1. The van der Waals surface area contributed by atoms with Crippen molar-refractivity contribution in [2.45, 2.75) is 39.3 Å². The second-order valence-corrected chi connectivity index (χ2v) is 6.05. The first kappa shape index (κ1) is 15.0. The predicted molar refractivity (Wildman–Crippen MR) is 76.9 cm³/mol. The average molecular weight is 277 g/mol. The minimum atomic E-state index is -0.165. The Labute approximate surface area is 120 Å². The van der Waals surface area contributed by atoms with E-state index in [1.54, 1.807) is 7.11 Å². The summed E-state index contributed by atoms with van der Waals surface area (Å²) in [6.07, 6.45) is 0.410. The van der Waals surface area contributed by atoms with Crippen LogP contribution in [0.2, 0.25) is 0 Å². The van der Waals surface area contributed by atoms with E-state index < -0.39 is 0 Å². The van der Waals surface area contributed by atoms with E-state index in [1.807, 2.05) is 23.3 Å². The highest BCUT2D eigenvalue weighted by Gasteiger charge is 2.45. The number of carbonyl (C=O) groups is 1. The normalized spacial score (nSPS) is 21.8. The molecule has 0 N–H and O–H groups in total. The SMILES string of the molecule is COCC(C)(C)[C@H]1CC(=O)ON1[C@@H](C)c1ccccc1. The molecule has 1 aromatic carbocycles. The van der Waals surface area contributed by atoms with Crippen LogP contribution in [-0.2, 0) is 14.4 Å². The first-order valence-electron chi connectivity index (χ1n) is 6.98. The second kappa shape index (κ2) is 5.94. The third-order valence-electron chi connectivity index (χ3n) is 3.96. The number of methoxy groups -OCH3 is 1. The maximum atomic E-state index is 11.7. The lowest BCUT2D eigenvalue weighted by atomic mass is 9.83. The standard InChI is InChI=1S/C16H23NO3/c1-12(13-8-6-5-7-9-13)17-14(10-15(18)20-17)16(2,3)11-19-4/h5-9,12,14H,10-11H2,1-4H3/t12-,14+/m0/s1. The fourth-order valence-corrected chi connectivity index (χ4v) is 2.78. The van der Waals surface area contributed by atoms with E-state index >= 15 is 0 Å². The summed E-state index contributed by atoms with van der Waals surface area (Å²) < 4.78 is 5.29. The third-order valence-corrected chi connectivity index (χ3v) is 3.96. The van der Waals surface area contributed by atoms with Gasteiger partial charge in [-0.25, -0.2) is 0 Å². The maximum absolute atomic E-state index is 11.7. The molecule has 2 atom stereocenters. The fraction of sp³-hybridized carbons (Fsp3) is 0.562. The van der Waals surface area contributed by atoms with E-state index in [9.17, 15) is 4.79 Å². The lowest BCUT2D eigenvalue weighted by Crippen LogP contribution is -2.43. The van der Waals surface area contributed by atoms with Crippen molar-refractivity contribution < 1.29 is 14.4 Å². The molecular formula is C16H23NO3. The van der Waals surface area contributed by atoms with Crippen molar-refractivity contribution in [3.05, 3.63) is 35.9 Å². The van der Waals surface area contributed by atoms with Crippen molar-refractivity contribution in [2.75, 3.05) is 13.7 Å². The highest BCUT2D eigenvalue weighted by Crippen LogP contribution is 2.38. The molecule has 0 bridgehead atoms. The zero-order chi connectivity index (χ0) is 14.8. The lowest BCUT2D eigenvalue weighted by molar-refractivity contribution is -0.196. The van der Waals surface area contributed by atoms with Crippen LogP contribution in [0, 0.1) is 5.41 Å². The van der Waals surface area contributed by atoms with Crippen molar-refractivity contribution >= 4 is 5.97 Å². The van der Waals surface area contributed by atoms with E-state index in [2.05, 4.69) is 32.9 Å². The molecule has 1 aromatic rings. The Hall–Kier alpha value is -1.39. The smallest absolute Gasteiger partial charge is 0.326 e. The minimum Gasteiger partial charge on any atom is -0.384 e. The van der Waals surface area contributed by atoms with E-state index in [1.165, 1.54) is 0 Å². The van der Waals surface area contributed by atoms with Gasteiger partial charge in [0.05, 0.1) is 25.1 Å². The Kier molecular flexibility index (Phi) is 4.45. The molecule has 0 amide bonds. The molecular weight excluding hydrogens is 254 g/mol. The van der Waals surface area contributed by atoms with Crippen LogP contribution in [0.25, 0.3) is 0 Å². The Bertz CT molecular complexity index is 458. The molecule has 1 aliphatic heterocycles. The molecule has 0 aliphatic carbocycles. The molecule has 0 unspecified atom stereocenters. The van der Waals surface area contributed by atoms with E-state index in [4.69, 9.17) is 9.57 Å². The number of rotatable bonds is 5. The zero-order valence-electron chi connectivity index (χ0n) is 12.6. The van der Waals surface area contributed by atoms with Crippen molar-refractivity contribution in [3.8, 4) is 0 Å². The second-order valence-electron chi connectivity index (χ2n) is 6.05. The number of carbonyl (C=O) groups excluding carboxylic acids is 1. The molecule has 1 heterocycles. The van der Waals surface area contributed by atoms with E-state index in [0.29, 0.717) is 13.0 Å². The van der Waals surface area contributed by atoms with Crippen LogP contribution in [0.15, 0.2) is 30.3 Å². The molecule has 20 heavy (non-hydrogen) atoms. The molecule has 4 heteroatoms. The lowest BCUT2D eigenvalue weighted by Gasteiger charge is -2.37. The Balaban J connectivity index is 2.22. The van der Waals surface area contributed by atoms with Crippen molar-refractivity contribution in [3.63, 3.8) is 0 Å². The number of hydroxylamine groups is 2. The van der Waals surface area contributed by atoms with Crippen LogP contribution in [0.4, 0.5) is 0 Å². The average Bonchev–Trinajstić information content (AvgIpc) is 2.82. The first-order valence-corrected chi connectivity index (χ1v) is 6.98. The van der Waals surface area contributed by atoms with Crippen LogP contribution in [-0.4, -0.2) is 30.8 Å². The van der Waals surface area contributed by atoms with Gasteiger partial charge in [-0.1, -0.05) is 44.2 Å². The van der Waals surface area contributed by atoms with E-state index in [0.717, 1.165) is 5.56 Å². The molecule has 4 nitrogen and oxygen atoms in total. The van der Waals surface area contributed by atoms with Gasteiger partial charge in [-0.15, -0.1) is 5.06 Å². The van der Waals surface area contributed by atoms with Crippen molar-refractivity contribution in [2.24, 2.45) is 5.41 Å². The quantitative estimate of drug-likeness (QED) is 0.829. The molecule has 0 saturated carbocycles. The summed E-state index contributed by atoms with van der Waals surface area (Å²) in [5, 5.41) is 1.83. The first-order chi connectivity index (χ1) is 9.45. The van der Waals surface area contributed by atoms with Gasteiger partial charge >= 0.3 is 5.97 Å². The third kappa shape index (κ3) is 3.02. The van der Waals surface area contributed by atoms with Gasteiger partial charge in [0.25, 0.3) is 0 Å². The van der Waals surface area contributed by atoms with Crippen molar-refractivity contribution in [1.29, 1.82) is 0 Å². The van der Waals surface area contributed by atoms with Gasteiger partial charge < -0.3 is 9.57 Å². The fourth-order valence-electron chi connectivity index (χ4n) is 2.78. The maximum Gasteiger partial charge on any atom is 0.326 e. The Morgan fingerprint density at radius 3 is 2.65 bits per heavy atom. The Morgan fingerprint density at radius 2 is 2.05 bits per heavy atom. The van der Waals surface area contributed by atoms with Gasteiger partial charge in [0.15, 0.2) is 0 Å². The van der Waals surface area contributed by atoms with Gasteiger partial charge in [-0.05, 0) is 12.5 Å². The number of ether oxygens (including phenoxy) is 1. The van der Waals surface area contributed by atoms with Crippen LogP contribution in [0.3, 0.4) is 0 Å². The number of hydrogen-bond acceptors (Lipinski definition) is 4. The van der Waals surface area contributed by atoms with Gasteiger partial charge in [0.1, 0.15) is 0 Å². The molecule has 1 fully saturated rings. The molecule has 2 rings (SSSR count). The molecule has 0 aromatic heterocycles. The van der Waals surface area contributed by atoms with Crippen molar-refractivity contribution in [1.82, 2.24) is 5.06 Å². The van der Waals surface area contributed by atoms with Gasteiger partial charge in [-0.2, -0.15) is 0 Å². The zero-order valence-corrected chi connectivity index (χ0v) is 12.6. The highest BCUT2D eigenvalue weighted by molar-refractivity contribution is 5.71. The molecule has 0 spiro atoms. The van der Waals surface area contributed by atoms with Crippen LogP contribution in [0.5, 0.6) is 0 Å². The number of hydrogen-bond donors (Lipinski definition) is 0. The topological polar surface area (TPSA) is 38.8 Å². The van der Waals surface area contributed by atoms with E-state index in [-0.39, 0.29) is 23.5 Å². The largest absolute Gasteiger partial charge is 0.384 e. The summed E-state index contributed by atoms with van der Waals surface area (Å²) in [4.78, 5) is 17.2. The van der Waals surface area contributed by atoms with Crippen LogP contribution >= 0.6 is 0 Å². The summed E-state index contributed by atoms with van der Waals surface area (Å²) in [7, 11) is 1.68. The molecule has 1 saturated heterocycles. The Morgan fingerprint density at radius 1 is 1.40 bits per heavy atom. The highest BCUT2D eigenvalue weighted by atomic mass is 16.7. The molecule has 0 radical (unpaired) electrons. The minimum absolute atomic E-state index is 0.0187. The predicted octanol–water partition coefficient (Wildman–Crippen LogP) is 2.95. The summed E-state index contributed by atoms with van der Waals surface area (Å²) in [6.45, 7) is 6.86. The van der Waals surface area contributed by atoms with Crippen LogP contribution < -0.4 is 0 Å². The summed E-state index contributed by atoms with van der Waals surface area (Å²) in [5.74, 6) is -0.165.